The van der Waals surface area contributed by atoms with Crippen LogP contribution in [0, 0.1) is 0 Å². The SMILES string of the molecule is CC(C)(C)OC(=O)N1[C@@H](C=O)CC[C@H]1c1cccc(Cl)c1. The lowest BCUT2D eigenvalue weighted by atomic mass is 10.0. The fourth-order valence-electron chi connectivity index (χ4n) is 2.59. The Hall–Kier alpha value is -1.55. The number of hydrogen-bond acceptors (Lipinski definition) is 3. The Bertz CT molecular complexity index is 539. The van der Waals surface area contributed by atoms with E-state index in [1.165, 1.54) is 4.90 Å². The summed E-state index contributed by atoms with van der Waals surface area (Å²) in [7, 11) is 0. The van der Waals surface area contributed by atoms with Gasteiger partial charge in [-0.3, -0.25) is 4.90 Å². The molecular weight excluding hydrogens is 290 g/mol. The van der Waals surface area contributed by atoms with Crippen LogP contribution in [0.15, 0.2) is 24.3 Å². The van der Waals surface area contributed by atoms with E-state index in [1.54, 1.807) is 6.07 Å². The highest BCUT2D eigenvalue weighted by molar-refractivity contribution is 6.30. The largest absolute Gasteiger partial charge is 0.444 e. The molecule has 0 aromatic heterocycles. The Morgan fingerprint density at radius 3 is 2.67 bits per heavy atom. The van der Waals surface area contributed by atoms with Gasteiger partial charge in [0.05, 0.1) is 12.1 Å². The summed E-state index contributed by atoms with van der Waals surface area (Å²) in [6.07, 6.45) is 1.72. The maximum atomic E-state index is 12.4. The quantitative estimate of drug-likeness (QED) is 0.776. The third-order valence-electron chi connectivity index (χ3n) is 3.42. The van der Waals surface area contributed by atoms with Crippen LogP contribution in [0.3, 0.4) is 0 Å². The Morgan fingerprint density at radius 1 is 1.38 bits per heavy atom. The van der Waals surface area contributed by atoms with E-state index in [0.29, 0.717) is 11.4 Å². The molecular formula is C16H20ClNO3. The summed E-state index contributed by atoms with van der Waals surface area (Å²) in [5, 5.41) is 0.617. The van der Waals surface area contributed by atoms with Gasteiger partial charge >= 0.3 is 6.09 Å². The van der Waals surface area contributed by atoms with Crippen LogP contribution in [0.2, 0.25) is 5.02 Å². The molecule has 2 atom stereocenters. The van der Waals surface area contributed by atoms with Crippen molar-refractivity contribution in [2.24, 2.45) is 0 Å². The minimum atomic E-state index is -0.591. The van der Waals surface area contributed by atoms with E-state index < -0.39 is 17.7 Å². The van der Waals surface area contributed by atoms with Gasteiger partial charge in [0.2, 0.25) is 0 Å². The molecule has 1 amide bonds. The summed E-state index contributed by atoms with van der Waals surface area (Å²) < 4.78 is 5.43. The molecule has 0 bridgehead atoms. The number of carbonyl (C=O) groups is 2. The average Bonchev–Trinajstić information content (AvgIpc) is 2.80. The Kier molecular flexibility index (Phi) is 4.57. The van der Waals surface area contributed by atoms with Crippen molar-refractivity contribution in [1.29, 1.82) is 0 Å². The van der Waals surface area contributed by atoms with Crippen LogP contribution in [0.1, 0.15) is 45.2 Å². The number of rotatable bonds is 2. The van der Waals surface area contributed by atoms with E-state index in [2.05, 4.69) is 0 Å². The number of halogens is 1. The summed E-state index contributed by atoms with van der Waals surface area (Å²) in [6, 6.07) is 6.77. The summed E-state index contributed by atoms with van der Waals surface area (Å²) >= 11 is 6.02. The van der Waals surface area contributed by atoms with Gasteiger partial charge in [-0.25, -0.2) is 4.79 Å². The number of hydrogen-bond donors (Lipinski definition) is 0. The lowest BCUT2D eigenvalue weighted by molar-refractivity contribution is -0.112. The minimum Gasteiger partial charge on any atom is -0.444 e. The van der Waals surface area contributed by atoms with E-state index >= 15 is 0 Å². The van der Waals surface area contributed by atoms with Gasteiger partial charge in [-0.1, -0.05) is 23.7 Å². The maximum Gasteiger partial charge on any atom is 0.411 e. The topological polar surface area (TPSA) is 46.6 Å². The first-order chi connectivity index (χ1) is 9.81. The smallest absolute Gasteiger partial charge is 0.411 e. The average molecular weight is 310 g/mol. The van der Waals surface area contributed by atoms with Gasteiger partial charge in [0.15, 0.2) is 0 Å². The predicted octanol–water partition coefficient (Wildman–Crippen LogP) is 3.98. The molecule has 0 aliphatic carbocycles. The van der Waals surface area contributed by atoms with Crippen LogP contribution in [-0.2, 0) is 9.53 Å². The Labute approximate surface area is 130 Å². The van der Waals surface area contributed by atoms with Gasteiger partial charge < -0.3 is 9.53 Å². The molecule has 0 radical (unpaired) electrons. The second-order valence-electron chi connectivity index (χ2n) is 6.24. The molecule has 1 aromatic rings. The highest BCUT2D eigenvalue weighted by Gasteiger charge is 2.39. The molecule has 1 aliphatic heterocycles. The third kappa shape index (κ3) is 3.76. The Balaban J connectivity index is 2.28. The molecule has 1 heterocycles. The zero-order chi connectivity index (χ0) is 15.6. The molecule has 0 N–H and O–H groups in total. The number of likely N-dealkylation sites (tertiary alicyclic amines) is 1. The first kappa shape index (κ1) is 15.8. The molecule has 1 saturated heterocycles. The predicted molar refractivity (Wildman–Crippen MR) is 81.4 cm³/mol. The van der Waals surface area contributed by atoms with Crippen molar-refractivity contribution in [1.82, 2.24) is 4.90 Å². The van der Waals surface area contributed by atoms with Crippen LogP contribution in [0.25, 0.3) is 0 Å². The zero-order valence-electron chi connectivity index (χ0n) is 12.5. The van der Waals surface area contributed by atoms with E-state index in [4.69, 9.17) is 16.3 Å². The van der Waals surface area contributed by atoms with Gasteiger partial charge in [-0.05, 0) is 51.3 Å². The summed E-state index contributed by atoms with van der Waals surface area (Å²) in [5.74, 6) is 0. The van der Waals surface area contributed by atoms with Crippen molar-refractivity contribution >= 4 is 24.0 Å². The number of carbonyl (C=O) groups excluding carboxylic acids is 2. The van der Waals surface area contributed by atoms with Crippen molar-refractivity contribution in [2.75, 3.05) is 0 Å². The van der Waals surface area contributed by atoms with E-state index in [1.807, 2.05) is 39.0 Å². The van der Waals surface area contributed by atoms with Crippen LogP contribution in [0.5, 0.6) is 0 Å². The second kappa shape index (κ2) is 6.06. The van der Waals surface area contributed by atoms with Crippen molar-refractivity contribution < 1.29 is 14.3 Å². The molecule has 0 unspecified atom stereocenters. The highest BCUT2D eigenvalue weighted by atomic mass is 35.5. The fourth-order valence-corrected chi connectivity index (χ4v) is 2.79. The molecule has 0 spiro atoms. The zero-order valence-corrected chi connectivity index (χ0v) is 13.3. The van der Waals surface area contributed by atoms with Crippen LogP contribution in [-0.4, -0.2) is 28.9 Å². The number of ether oxygens (including phenoxy) is 1. The molecule has 1 fully saturated rings. The van der Waals surface area contributed by atoms with Crippen molar-refractivity contribution in [3.05, 3.63) is 34.9 Å². The van der Waals surface area contributed by atoms with Crippen LogP contribution >= 0.6 is 11.6 Å². The van der Waals surface area contributed by atoms with Crippen molar-refractivity contribution in [3.8, 4) is 0 Å². The third-order valence-corrected chi connectivity index (χ3v) is 3.66. The molecule has 4 nitrogen and oxygen atoms in total. The number of benzene rings is 1. The summed E-state index contributed by atoms with van der Waals surface area (Å²) in [4.78, 5) is 25.2. The van der Waals surface area contributed by atoms with Crippen LogP contribution < -0.4 is 0 Å². The highest BCUT2D eigenvalue weighted by Crippen LogP contribution is 2.37. The van der Waals surface area contributed by atoms with Crippen molar-refractivity contribution in [3.63, 3.8) is 0 Å². The Morgan fingerprint density at radius 2 is 2.10 bits per heavy atom. The maximum absolute atomic E-state index is 12.4. The first-order valence-electron chi connectivity index (χ1n) is 7.04. The molecule has 114 valence electrons. The minimum absolute atomic E-state index is 0.172. The summed E-state index contributed by atoms with van der Waals surface area (Å²) in [5.41, 5.74) is 0.337. The van der Waals surface area contributed by atoms with Gasteiger partial charge in [-0.15, -0.1) is 0 Å². The lowest BCUT2D eigenvalue weighted by Gasteiger charge is -2.31. The fraction of sp³-hybridized carbons (Fsp3) is 0.500. The van der Waals surface area contributed by atoms with Gasteiger partial charge in [0, 0.05) is 5.02 Å². The second-order valence-corrected chi connectivity index (χ2v) is 6.68. The molecule has 2 rings (SSSR count). The summed E-state index contributed by atoms with van der Waals surface area (Å²) in [6.45, 7) is 5.43. The van der Waals surface area contributed by atoms with E-state index in [9.17, 15) is 9.59 Å². The van der Waals surface area contributed by atoms with E-state index in [0.717, 1.165) is 18.3 Å². The number of nitrogens with zero attached hydrogens (tertiary/aromatic N) is 1. The van der Waals surface area contributed by atoms with E-state index in [-0.39, 0.29) is 6.04 Å². The normalized spacial score (nSPS) is 22.2. The van der Waals surface area contributed by atoms with Crippen molar-refractivity contribution in [2.45, 2.75) is 51.3 Å². The number of amides is 1. The lowest BCUT2D eigenvalue weighted by Crippen LogP contribution is -2.41. The molecule has 5 heteroatoms. The standard InChI is InChI=1S/C16H20ClNO3/c1-16(2,3)21-15(20)18-13(10-19)7-8-14(18)11-5-4-6-12(17)9-11/h4-6,9-10,13-14H,7-8H2,1-3H3/t13-,14+/m1/s1. The van der Waals surface area contributed by atoms with Gasteiger partial charge in [0.25, 0.3) is 0 Å². The molecule has 21 heavy (non-hydrogen) atoms. The first-order valence-corrected chi connectivity index (χ1v) is 7.41. The van der Waals surface area contributed by atoms with Gasteiger partial charge in [-0.2, -0.15) is 0 Å². The van der Waals surface area contributed by atoms with Gasteiger partial charge in [0.1, 0.15) is 11.9 Å². The molecule has 0 saturated carbocycles. The number of aldehydes is 1. The van der Waals surface area contributed by atoms with Crippen LogP contribution in [0.4, 0.5) is 4.79 Å². The monoisotopic (exact) mass is 309 g/mol. The molecule has 1 aromatic carbocycles. The molecule has 1 aliphatic rings.